The van der Waals surface area contributed by atoms with E-state index in [2.05, 4.69) is 21.2 Å². The molecular weight excluding hydrogens is 318 g/mol. The summed E-state index contributed by atoms with van der Waals surface area (Å²) in [5.74, 6) is -0.217. The summed E-state index contributed by atoms with van der Waals surface area (Å²) in [7, 11) is 0. The molecule has 0 unspecified atom stereocenters. The minimum absolute atomic E-state index is 0.0576. The van der Waals surface area contributed by atoms with Crippen molar-refractivity contribution in [3.63, 3.8) is 0 Å². The first-order valence-corrected chi connectivity index (χ1v) is 7.34. The fourth-order valence-electron chi connectivity index (χ4n) is 1.30. The Balaban J connectivity index is 2.22. The van der Waals surface area contributed by atoms with Crippen molar-refractivity contribution in [1.29, 1.82) is 0 Å². The molecule has 0 atom stereocenters. The van der Waals surface area contributed by atoms with E-state index >= 15 is 0 Å². The van der Waals surface area contributed by atoms with Gasteiger partial charge in [-0.3, -0.25) is 9.59 Å². The van der Waals surface area contributed by atoms with E-state index in [4.69, 9.17) is 5.11 Å². The van der Waals surface area contributed by atoms with Crippen LogP contribution in [0.25, 0.3) is 0 Å². The van der Waals surface area contributed by atoms with Crippen molar-refractivity contribution >= 4 is 39.6 Å². The summed E-state index contributed by atoms with van der Waals surface area (Å²) in [5, 5.41) is 11.2. The van der Waals surface area contributed by atoms with Crippen LogP contribution in [-0.4, -0.2) is 35.0 Å². The lowest BCUT2D eigenvalue weighted by molar-refractivity contribution is -0.133. The van der Waals surface area contributed by atoms with Crippen molar-refractivity contribution in [1.82, 2.24) is 5.32 Å². The lowest BCUT2D eigenvalue weighted by Gasteiger charge is -2.06. The van der Waals surface area contributed by atoms with Gasteiger partial charge in [0.1, 0.15) is 0 Å². The normalized spacial score (nSPS) is 10.1. The van der Waals surface area contributed by atoms with Gasteiger partial charge in [0.15, 0.2) is 0 Å². The van der Waals surface area contributed by atoms with Gasteiger partial charge >= 0.3 is 5.97 Å². The summed E-state index contributed by atoms with van der Waals surface area (Å²) in [6.45, 7) is 0.487. The molecule has 0 fully saturated rings. The van der Waals surface area contributed by atoms with Gasteiger partial charge in [-0.2, -0.15) is 0 Å². The summed E-state index contributed by atoms with van der Waals surface area (Å²) in [6.07, 6.45) is 0.324. The first-order valence-electron chi connectivity index (χ1n) is 5.39. The van der Waals surface area contributed by atoms with Crippen LogP contribution >= 0.6 is 27.7 Å². The first kappa shape index (κ1) is 15.0. The highest BCUT2D eigenvalue weighted by Gasteiger charge is 2.05. The van der Waals surface area contributed by atoms with Gasteiger partial charge in [0.05, 0.1) is 12.2 Å². The Labute approximate surface area is 118 Å². The van der Waals surface area contributed by atoms with Gasteiger partial charge in [-0.25, -0.2) is 0 Å². The second-order valence-corrected chi connectivity index (χ2v) is 5.52. The highest BCUT2D eigenvalue weighted by Crippen LogP contribution is 2.16. The largest absolute Gasteiger partial charge is 0.481 e. The average Bonchev–Trinajstić information content (AvgIpc) is 2.31. The van der Waals surface area contributed by atoms with Crippen molar-refractivity contribution in [3.05, 3.63) is 34.3 Å². The van der Waals surface area contributed by atoms with E-state index in [-0.39, 0.29) is 11.7 Å². The molecule has 98 valence electrons. The number of amides is 1. The molecule has 0 aliphatic heterocycles. The van der Waals surface area contributed by atoms with E-state index in [0.717, 1.165) is 10.0 Å². The zero-order chi connectivity index (χ0) is 13.4. The van der Waals surface area contributed by atoms with Crippen LogP contribution in [0.3, 0.4) is 0 Å². The molecule has 0 aliphatic carbocycles. The molecule has 6 heteroatoms. The highest BCUT2D eigenvalue weighted by atomic mass is 79.9. The molecule has 1 amide bonds. The number of rotatable bonds is 7. The van der Waals surface area contributed by atoms with E-state index in [1.165, 1.54) is 11.8 Å². The Bertz CT molecular complexity index is 426. The summed E-state index contributed by atoms with van der Waals surface area (Å²) in [5.41, 5.74) is 0.938. The number of carbonyl (C=O) groups is 2. The summed E-state index contributed by atoms with van der Waals surface area (Å²) < 4.78 is 0.917. The van der Waals surface area contributed by atoms with Gasteiger partial charge in [-0.05, 0) is 11.6 Å². The van der Waals surface area contributed by atoms with Crippen LogP contribution in [0.1, 0.15) is 5.56 Å². The van der Waals surface area contributed by atoms with Gasteiger partial charge in [-0.1, -0.05) is 34.1 Å². The highest BCUT2D eigenvalue weighted by molar-refractivity contribution is 9.10. The SMILES string of the molecule is O=C(O)CSCCNC(=O)Cc1ccccc1Br. The van der Waals surface area contributed by atoms with Crippen LogP contribution in [0.5, 0.6) is 0 Å². The molecular formula is C12H14BrNO3S. The lowest BCUT2D eigenvalue weighted by Crippen LogP contribution is -2.27. The molecule has 0 heterocycles. The van der Waals surface area contributed by atoms with Crippen LogP contribution < -0.4 is 5.32 Å². The monoisotopic (exact) mass is 331 g/mol. The second kappa shape index (κ2) is 8.16. The number of halogens is 1. The Hall–Kier alpha value is -1.01. The molecule has 0 radical (unpaired) electrons. The van der Waals surface area contributed by atoms with Crippen LogP contribution in [0.4, 0.5) is 0 Å². The minimum atomic E-state index is -0.834. The summed E-state index contributed by atoms with van der Waals surface area (Å²) in [6, 6.07) is 7.57. The van der Waals surface area contributed by atoms with E-state index < -0.39 is 5.97 Å². The lowest BCUT2D eigenvalue weighted by atomic mass is 10.1. The zero-order valence-electron chi connectivity index (χ0n) is 9.69. The maximum atomic E-state index is 11.6. The number of nitrogens with one attached hydrogen (secondary N) is 1. The molecule has 0 aliphatic rings. The predicted octanol–water partition coefficient (Wildman–Crippen LogP) is 1.93. The van der Waals surface area contributed by atoms with Gasteiger partial charge in [0.25, 0.3) is 0 Å². The van der Waals surface area contributed by atoms with Crippen LogP contribution in [-0.2, 0) is 16.0 Å². The van der Waals surface area contributed by atoms with E-state index in [0.29, 0.717) is 18.7 Å². The predicted molar refractivity (Wildman–Crippen MR) is 75.8 cm³/mol. The number of hydrogen-bond acceptors (Lipinski definition) is 3. The molecule has 0 saturated heterocycles. The third-order valence-corrected chi connectivity index (χ3v) is 3.82. The molecule has 1 aromatic carbocycles. The molecule has 0 spiro atoms. The Morgan fingerprint density at radius 3 is 2.72 bits per heavy atom. The summed E-state index contributed by atoms with van der Waals surface area (Å²) >= 11 is 4.67. The number of carboxylic acids is 1. The van der Waals surface area contributed by atoms with Crippen LogP contribution in [0.15, 0.2) is 28.7 Å². The Morgan fingerprint density at radius 2 is 2.06 bits per heavy atom. The average molecular weight is 332 g/mol. The number of carboxylic acid groups (broad SMARTS) is 1. The van der Waals surface area contributed by atoms with Crippen molar-refractivity contribution in [3.8, 4) is 0 Å². The van der Waals surface area contributed by atoms with Crippen LogP contribution in [0.2, 0.25) is 0 Å². The number of thioether (sulfide) groups is 1. The van der Waals surface area contributed by atoms with E-state index in [9.17, 15) is 9.59 Å². The number of hydrogen-bond donors (Lipinski definition) is 2. The summed E-state index contributed by atoms with van der Waals surface area (Å²) in [4.78, 5) is 21.9. The molecule has 1 rings (SSSR count). The van der Waals surface area contributed by atoms with Gasteiger partial charge in [0, 0.05) is 16.8 Å². The maximum Gasteiger partial charge on any atom is 0.313 e. The van der Waals surface area contributed by atoms with Gasteiger partial charge in [-0.15, -0.1) is 11.8 Å². The van der Waals surface area contributed by atoms with Gasteiger partial charge < -0.3 is 10.4 Å². The molecule has 18 heavy (non-hydrogen) atoms. The topological polar surface area (TPSA) is 66.4 Å². The van der Waals surface area contributed by atoms with E-state index in [1.54, 1.807) is 0 Å². The third kappa shape index (κ3) is 6.07. The molecule has 0 aromatic heterocycles. The molecule has 0 saturated carbocycles. The second-order valence-electron chi connectivity index (χ2n) is 3.56. The molecule has 0 bridgehead atoms. The third-order valence-electron chi connectivity index (χ3n) is 2.10. The van der Waals surface area contributed by atoms with Gasteiger partial charge in [0.2, 0.25) is 5.91 Å². The first-order chi connectivity index (χ1) is 8.59. The smallest absolute Gasteiger partial charge is 0.313 e. The quantitative estimate of drug-likeness (QED) is 0.749. The Morgan fingerprint density at radius 1 is 1.33 bits per heavy atom. The number of benzene rings is 1. The number of carbonyl (C=O) groups excluding carboxylic acids is 1. The fourth-order valence-corrected chi connectivity index (χ4v) is 2.29. The maximum absolute atomic E-state index is 11.6. The van der Waals surface area contributed by atoms with E-state index in [1.807, 2.05) is 24.3 Å². The fraction of sp³-hybridized carbons (Fsp3) is 0.333. The minimum Gasteiger partial charge on any atom is -0.481 e. The number of aliphatic carboxylic acids is 1. The molecule has 2 N–H and O–H groups in total. The van der Waals surface area contributed by atoms with Crippen LogP contribution in [0, 0.1) is 0 Å². The zero-order valence-corrected chi connectivity index (χ0v) is 12.1. The van der Waals surface area contributed by atoms with Crippen molar-refractivity contribution in [2.24, 2.45) is 0 Å². The molecule has 1 aromatic rings. The van der Waals surface area contributed by atoms with Crippen molar-refractivity contribution in [2.75, 3.05) is 18.1 Å². The van der Waals surface area contributed by atoms with Crippen molar-refractivity contribution < 1.29 is 14.7 Å². The standard InChI is InChI=1S/C12H14BrNO3S/c13-10-4-2-1-3-9(10)7-11(15)14-5-6-18-8-12(16)17/h1-4H,5-8H2,(H,14,15)(H,16,17). The van der Waals surface area contributed by atoms with Crippen molar-refractivity contribution in [2.45, 2.75) is 6.42 Å². The molecule has 4 nitrogen and oxygen atoms in total. The Kier molecular flexibility index (Phi) is 6.82.